The van der Waals surface area contributed by atoms with Crippen LogP contribution in [0.4, 0.5) is 4.79 Å². The third-order valence-electron chi connectivity index (χ3n) is 4.53. The van der Waals surface area contributed by atoms with Gasteiger partial charge in [0, 0.05) is 24.6 Å². The number of ether oxygens (including phenoxy) is 1. The van der Waals surface area contributed by atoms with E-state index in [1.807, 2.05) is 13.0 Å². The SMILES string of the molecule is Cc1cccc(CC(=O)C(C)OC(N)=O)c1C(=O)NC1CC(CO)C1. The van der Waals surface area contributed by atoms with E-state index in [1.165, 1.54) is 6.92 Å². The minimum Gasteiger partial charge on any atom is -0.439 e. The normalized spacial score (nSPS) is 20.3. The van der Waals surface area contributed by atoms with Crippen LogP contribution in [0.25, 0.3) is 0 Å². The van der Waals surface area contributed by atoms with Crippen molar-refractivity contribution in [2.75, 3.05) is 6.61 Å². The van der Waals surface area contributed by atoms with Crippen molar-refractivity contribution in [2.24, 2.45) is 11.7 Å². The van der Waals surface area contributed by atoms with Gasteiger partial charge in [-0.25, -0.2) is 4.79 Å². The fourth-order valence-corrected chi connectivity index (χ4v) is 3.03. The van der Waals surface area contributed by atoms with Crippen LogP contribution in [0.1, 0.15) is 41.3 Å². The molecule has 0 heterocycles. The van der Waals surface area contributed by atoms with Crippen LogP contribution in [0.3, 0.4) is 0 Å². The van der Waals surface area contributed by atoms with Gasteiger partial charge in [0.25, 0.3) is 5.91 Å². The average Bonchev–Trinajstić information content (AvgIpc) is 2.49. The Labute approximate surface area is 146 Å². The lowest BCUT2D eigenvalue weighted by Gasteiger charge is -2.34. The molecule has 0 saturated heterocycles. The summed E-state index contributed by atoms with van der Waals surface area (Å²) in [7, 11) is 0. The topological polar surface area (TPSA) is 119 Å². The van der Waals surface area contributed by atoms with Crippen molar-refractivity contribution in [1.82, 2.24) is 5.32 Å². The van der Waals surface area contributed by atoms with E-state index in [1.54, 1.807) is 12.1 Å². The molecule has 7 heteroatoms. The Hall–Kier alpha value is -2.41. The molecule has 0 radical (unpaired) electrons. The summed E-state index contributed by atoms with van der Waals surface area (Å²) in [5.41, 5.74) is 6.75. The fraction of sp³-hybridized carbons (Fsp3) is 0.500. The molecule has 1 aromatic carbocycles. The van der Waals surface area contributed by atoms with E-state index >= 15 is 0 Å². The molecule has 25 heavy (non-hydrogen) atoms. The first kappa shape index (κ1) is 18.9. The van der Waals surface area contributed by atoms with Gasteiger partial charge in [0.15, 0.2) is 11.9 Å². The molecule has 1 aliphatic rings. The number of benzene rings is 1. The predicted octanol–water partition coefficient (Wildman–Crippen LogP) is 1.09. The molecule has 1 unspecified atom stereocenters. The fourth-order valence-electron chi connectivity index (χ4n) is 3.03. The molecule has 0 spiro atoms. The average molecular weight is 348 g/mol. The first-order valence-electron chi connectivity index (χ1n) is 8.30. The number of nitrogens with two attached hydrogens (primary N) is 1. The van der Waals surface area contributed by atoms with Gasteiger partial charge in [0.1, 0.15) is 0 Å². The molecule has 0 aromatic heterocycles. The summed E-state index contributed by atoms with van der Waals surface area (Å²) in [6.45, 7) is 3.39. The summed E-state index contributed by atoms with van der Waals surface area (Å²) >= 11 is 0. The number of aryl methyl sites for hydroxylation is 1. The van der Waals surface area contributed by atoms with Crippen molar-refractivity contribution >= 4 is 17.8 Å². The standard InChI is InChI=1S/C18H24N2O5/c1-10-4-3-5-13(8-15(22)11(2)25-18(19)24)16(10)17(23)20-14-6-12(7-14)9-21/h3-5,11-12,14,21H,6-9H2,1-2H3,(H2,19,24)(H,20,23). The Kier molecular flexibility index (Phi) is 6.14. The van der Waals surface area contributed by atoms with Gasteiger partial charge in [-0.15, -0.1) is 0 Å². The molecular weight excluding hydrogens is 324 g/mol. The smallest absolute Gasteiger partial charge is 0.405 e. The monoisotopic (exact) mass is 348 g/mol. The third-order valence-corrected chi connectivity index (χ3v) is 4.53. The van der Waals surface area contributed by atoms with Crippen molar-refractivity contribution in [3.63, 3.8) is 0 Å². The van der Waals surface area contributed by atoms with Crippen molar-refractivity contribution in [1.29, 1.82) is 0 Å². The number of aliphatic hydroxyl groups is 1. The quantitative estimate of drug-likeness (QED) is 0.681. The number of ketones is 1. The van der Waals surface area contributed by atoms with Crippen LogP contribution in [0.5, 0.6) is 0 Å². The molecule has 1 atom stereocenters. The number of carbonyl (C=O) groups excluding carboxylic acids is 3. The Balaban J connectivity index is 2.09. The van der Waals surface area contributed by atoms with Crippen molar-refractivity contribution < 1.29 is 24.2 Å². The van der Waals surface area contributed by atoms with E-state index in [-0.39, 0.29) is 36.7 Å². The summed E-state index contributed by atoms with van der Waals surface area (Å²) in [5, 5.41) is 12.0. The van der Waals surface area contributed by atoms with Crippen molar-refractivity contribution in [3.8, 4) is 0 Å². The second-order valence-electron chi connectivity index (χ2n) is 6.52. The van der Waals surface area contributed by atoms with Crippen LogP contribution in [-0.4, -0.2) is 41.6 Å². The molecule has 1 saturated carbocycles. The molecule has 7 nitrogen and oxygen atoms in total. The highest BCUT2D eigenvalue weighted by Crippen LogP contribution is 2.27. The maximum absolute atomic E-state index is 12.6. The lowest BCUT2D eigenvalue weighted by molar-refractivity contribution is -0.125. The zero-order valence-corrected chi connectivity index (χ0v) is 14.5. The van der Waals surface area contributed by atoms with Gasteiger partial charge < -0.3 is 20.9 Å². The minimum absolute atomic E-state index is 0.0250. The van der Waals surface area contributed by atoms with Crippen LogP contribution >= 0.6 is 0 Å². The second-order valence-corrected chi connectivity index (χ2v) is 6.52. The third kappa shape index (κ3) is 4.79. The number of nitrogens with one attached hydrogen (secondary N) is 1. The van der Waals surface area contributed by atoms with Gasteiger partial charge in [-0.05, 0) is 43.7 Å². The molecule has 136 valence electrons. The zero-order valence-electron chi connectivity index (χ0n) is 14.5. The van der Waals surface area contributed by atoms with E-state index in [9.17, 15) is 14.4 Å². The lowest BCUT2D eigenvalue weighted by atomic mass is 9.80. The summed E-state index contributed by atoms with van der Waals surface area (Å²) in [6.07, 6.45) is -0.488. The van der Waals surface area contributed by atoms with E-state index < -0.39 is 12.2 Å². The van der Waals surface area contributed by atoms with Crippen LogP contribution < -0.4 is 11.1 Å². The molecular formula is C18H24N2O5. The Morgan fingerprint density at radius 3 is 2.64 bits per heavy atom. The zero-order chi connectivity index (χ0) is 18.6. The van der Waals surface area contributed by atoms with E-state index in [2.05, 4.69) is 5.32 Å². The predicted molar refractivity (Wildman–Crippen MR) is 91.1 cm³/mol. The van der Waals surface area contributed by atoms with Gasteiger partial charge in [0.05, 0.1) is 0 Å². The van der Waals surface area contributed by atoms with Gasteiger partial charge in [-0.2, -0.15) is 0 Å². The molecule has 2 amide bonds. The highest BCUT2D eigenvalue weighted by Gasteiger charge is 2.30. The number of rotatable bonds is 7. The number of amides is 2. The molecule has 1 fully saturated rings. The number of hydrogen-bond acceptors (Lipinski definition) is 5. The second kappa shape index (κ2) is 8.11. The Morgan fingerprint density at radius 2 is 2.04 bits per heavy atom. The summed E-state index contributed by atoms with van der Waals surface area (Å²) in [4.78, 5) is 35.6. The first-order valence-corrected chi connectivity index (χ1v) is 8.30. The maximum atomic E-state index is 12.6. The number of aliphatic hydroxyl groups excluding tert-OH is 1. The Morgan fingerprint density at radius 1 is 1.36 bits per heavy atom. The van der Waals surface area contributed by atoms with Crippen LogP contribution in [0.2, 0.25) is 0 Å². The van der Waals surface area contributed by atoms with Gasteiger partial charge in [-0.3, -0.25) is 9.59 Å². The lowest BCUT2D eigenvalue weighted by Crippen LogP contribution is -2.45. The van der Waals surface area contributed by atoms with Crippen LogP contribution in [0.15, 0.2) is 18.2 Å². The molecule has 0 bridgehead atoms. The highest BCUT2D eigenvalue weighted by molar-refractivity contribution is 5.99. The number of Topliss-reactive ketones (excluding diaryl/α,β-unsaturated/α-hetero) is 1. The number of carbonyl (C=O) groups is 3. The molecule has 2 rings (SSSR count). The summed E-state index contributed by atoms with van der Waals surface area (Å²) < 4.78 is 4.70. The summed E-state index contributed by atoms with van der Waals surface area (Å²) in [5.74, 6) is -0.316. The molecule has 1 aliphatic carbocycles. The summed E-state index contributed by atoms with van der Waals surface area (Å²) in [6, 6.07) is 5.35. The molecule has 1 aromatic rings. The van der Waals surface area contributed by atoms with E-state index in [0.717, 1.165) is 18.4 Å². The molecule has 4 N–H and O–H groups in total. The van der Waals surface area contributed by atoms with Gasteiger partial charge >= 0.3 is 6.09 Å². The van der Waals surface area contributed by atoms with Crippen LogP contribution in [-0.2, 0) is 16.0 Å². The maximum Gasteiger partial charge on any atom is 0.405 e. The first-order chi connectivity index (χ1) is 11.8. The van der Waals surface area contributed by atoms with Crippen LogP contribution in [0, 0.1) is 12.8 Å². The minimum atomic E-state index is -1.01. The van der Waals surface area contributed by atoms with E-state index in [0.29, 0.717) is 11.1 Å². The largest absolute Gasteiger partial charge is 0.439 e. The number of primary amides is 1. The highest BCUT2D eigenvalue weighted by atomic mass is 16.6. The van der Waals surface area contributed by atoms with Gasteiger partial charge in [-0.1, -0.05) is 18.2 Å². The van der Waals surface area contributed by atoms with E-state index in [4.69, 9.17) is 15.6 Å². The molecule has 0 aliphatic heterocycles. The van der Waals surface area contributed by atoms with Crippen molar-refractivity contribution in [3.05, 3.63) is 34.9 Å². The van der Waals surface area contributed by atoms with Crippen molar-refractivity contribution in [2.45, 2.75) is 45.3 Å². The Bertz CT molecular complexity index is 667. The number of hydrogen-bond donors (Lipinski definition) is 3. The van der Waals surface area contributed by atoms with Gasteiger partial charge in [0.2, 0.25) is 0 Å².